The summed E-state index contributed by atoms with van der Waals surface area (Å²) in [7, 11) is 3.38. The lowest BCUT2D eigenvalue weighted by atomic mass is 10.1. The predicted molar refractivity (Wildman–Crippen MR) is 120 cm³/mol. The van der Waals surface area contributed by atoms with Crippen LogP contribution in [-0.4, -0.2) is 34.6 Å². The van der Waals surface area contributed by atoms with Gasteiger partial charge < -0.3 is 9.09 Å². The molecule has 0 N–H and O–H groups in total. The molecule has 162 valence electrons. The van der Waals surface area contributed by atoms with E-state index in [-0.39, 0.29) is 11.2 Å². The van der Waals surface area contributed by atoms with Crippen molar-refractivity contribution in [2.24, 2.45) is 14.1 Å². The van der Waals surface area contributed by atoms with E-state index < -0.39 is 0 Å². The van der Waals surface area contributed by atoms with E-state index in [0.29, 0.717) is 41.6 Å². The zero-order valence-electron chi connectivity index (χ0n) is 17.7. The number of rotatable bonds is 8. The van der Waals surface area contributed by atoms with E-state index in [9.17, 15) is 9.59 Å². The molecule has 0 fully saturated rings. The first-order valence-electron chi connectivity index (χ1n) is 10.1. The first-order valence-corrected chi connectivity index (χ1v) is 11.3. The van der Waals surface area contributed by atoms with Gasteiger partial charge in [-0.05, 0) is 24.2 Å². The number of fused-ring (bicyclic) bond motifs is 1. The molecule has 0 bridgehead atoms. The van der Waals surface area contributed by atoms with Crippen LogP contribution in [0.25, 0.3) is 22.6 Å². The monoisotopic (exact) mass is 440 g/mol. The van der Waals surface area contributed by atoms with Crippen molar-refractivity contribution in [3.8, 4) is 11.4 Å². The second-order valence-corrected chi connectivity index (χ2v) is 8.40. The van der Waals surface area contributed by atoms with Gasteiger partial charge in [0.15, 0.2) is 11.2 Å². The van der Waals surface area contributed by atoms with Gasteiger partial charge in [0, 0.05) is 26.2 Å². The molecule has 0 saturated carbocycles. The van der Waals surface area contributed by atoms with Crippen molar-refractivity contribution in [1.29, 1.82) is 0 Å². The molecule has 0 aliphatic rings. The van der Waals surface area contributed by atoms with Crippen molar-refractivity contribution < 1.29 is 4.52 Å². The van der Waals surface area contributed by atoms with Crippen molar-refractivity contribution in [2.45, 2.75) is 32.1 Å². The Hall–Kier alpha value is -3.14. The molecule has 31 heavy (non-hydrogen) atoms. The second kappa shape index (κ2) is 8.93. The molecule has 0 spiro atoms. The van der Waals surface area contributed by atoms with Crippen LogP contribution in [-0.2, 0) is 32.8 Å². The Labute approximate surface area is 182 Å². The van der Waals surface area contributed by atoms with E-state index in [0.717, 1.165) is 17.7 Å². The highest BCUT2D eigenvalue weighted by Crippen LogP contribution is 2.19. The Bertz CT molecular complexity index is 1320. The standard InChI is InChI=1S/C21H24N6O3S/c1-4-14-6-8-15(9-7-14)18-23-16(30-24-18)12-31-11-5-10-27-20(28)17-19(22-13-25(17)2)26(3)21(27)29/h6-9,13H,4-5,10-12H2,1-3H3. The lowest BCUT2D eigenvalue weighted by Crippen LogP contribution is -2.39. The van der Waals surface area contributed by atoms with Crippen molar-refractivity contribution in [1.82, 2.24) is 28.8 Å². The normalized spacial score (nSPS) is 11.5. The molecule has 10 heteroatoms. The SMILES string of the molecule is CCc1ccc(-c2noc(CSCCCn3c(=O)c4c(ncn4C)n(C)c3=O)n2)cc1. The van der Waals surface area contributed by atoms with Crippen molar-refractivity contribution in [2.75, 3.05) is 5.75 Å². The Morgan fingerprint density at radius 1 is 1.13 bits per heavy atom. The summed E-state index contributed by atoms with van der Waals surface area (Å²) in [4.78, 5) is 33.8. The highest BCUT2D eigenvalue weighted by atomic mass is 32.2. The lowest BCUT2D eigenvalue weighted by molar-refractivity contribution is 0.391. The third-order valence-electron chi connectivity index (χ3n) is 5.19. The van der Waals surface area contributed by atoms with Gasteiger partial charge in [0.1, 0.15) is 0 Å². The Morgan fingerprint density at radius 2 is 1.90 bits per heavy atom. The lowest BCUT2D eigenvalue weighted by Gasteiger charge is -2.08. The quantitative estimate of drug-likeness (QED) is 0.388. The van der Waals surface area contributed by atoms with Gasteiger partial charge in [0.2, 0.25) is 11.7 Å². The third-order valence-corrected chi connectivity index (χ3v) is 6.21. The summed E-state index contributed by atoms with van der Waals surface area (Å²) in [5.41, 5.74) is 2.37. The van der Waals surface area contributed by atoms with E-state index in [2.05, 4.69) is 34.2 Å². The van der Waals surface area contributed by atoms with E-state index in [4.69, 9.17) is 4.52 Å². The van der Waals surface area contributed by atoms with Crippen LogP contribution in [0.2, 0.25) is 0 Å². The maximum absolute atomic E-state index is 12.7. The van der Waals surface area contributed by atoms with Crippen molar-refractivity contribution in [3.05, 3.63) is 62.9 Å². The fraction of sp³-hybridized carbons (Fsp3) is 0.381. The fourth-order valence-corrected chi connectivity index (χ4v) is 4.17. The summed E-state index contributed by atoms with van der Waals surface area (Å²) in [5, 5.41) is 4.06. The molecule has 0 unspecified atom stereocenters. The highest BCUT2D eigenvalue weighted by Gasteiger charge is 2.14. The van der Waals surface area contributed by atoms with E-state index >= 15 is 0 Å². The predicted octanol–water partition coefficient (Wildman–Crippen LogP) is 2.37. The Balaban J connectivity index is 1.34. The molecule has 4 aromatic rings. The molecular formula is C21H24N6O3S. The molecule has 0 amide bonds. The number of imidazole rings is 1. The minimum Gasteiger partial charge on any atom is -0.338 e. The zero-order chi connectivity index (χ0) is 22.0. The van der Waals surface area contributed by atoms with Gasteiger partial charge in [0.05, 0.1) is 12.1 Å². The van der Waals surface area contributed by atoms with Crippen LogP contribution in [0.5, 0.6) is 0 Å². The number of thioether (sulfide) groups is 1. The van der Waals surface area contributed by atoms with Gasteiger partial charge in [-0.3, -0.25) is 13.9 Å². The van der Waals surface area contributed by atoms with Crippen LogP contribution >= 0.6 is 11.8 Å². The van der Waals surface area contributed by atoms with Gasteiger partial charge in [-0.2, -0.15) is 16.7 Å². The van der Waals surface area contributed by atoms with Crippen LogP contribution in [0.15, 0.2) is 44.7 Å². The summed E-state index contributed by atoms with van der Waals surface area (Å²) in [6.45, 7) is 2.46. The summed E-state index contributed by atoms with van der Waals surface area (Å²) < 4.78 is 9.68. The molecule has 0 atom stereocenters. The largest absolute Gasteiger partial charge is 0.338 e. The smallest absolute Gasteiger partial charge is 0.332 e. The topological polar surface area (TPSA) is 101 Å². The molecule has 3 aromatic heterocycles. The molecule has 0 aliphatic heterocycles. The van der Waals surface area contributed by atoms with Crippen LogP contribution in [0.3, 0.4) is 0 Å². The number of hydrogen-bond acceptors (Lipinski definition) is 7. The molecule has 0 saturated heterocycles. The first-order chi connectivity index (χ1) is 15.0. The van der Waals surface area contributed by atoms with E-state index in [1.54, 1.807) is 36.8 Å². The average Bonchev–Trinajstić information content (AvgIpc) is 3.41. The van der Waals surface area contributed by atoms with Crippen LogP contribution in [0.1, 0.15) is 24.8 Å². The molecule has 3 heterocycles. The Morgan fingerprint density at radius 3 is 2.65 bits per heavy atom. The van der Waals surface area contributed by atoms with Gasteiger partial charge in [-0.25, -0.2) is 9.78 Å². The summed E-state index contributed by atoms with van der Waals surface area (Å²) in [5.74, 6) is 2.47. The summed E-state index contributed by atoms with van der Waals surface area (Å²) in [6, 6.07) is 8.13. The summed E-state index contributed by atoms with van der Waals surface area (Å²) >= 11 is 1.63. The number of aryl methyl sites for hydroxylation is 3. The van der Waals surface area contributed by atoms with Crippen molar-refractivity contribution >= 4 is 22.9 Å². The van der Waals surface area contributed by atoms with Crippen LogP contribution < -0.4 is 11.2 Å². The Kier molecular flexibility index (Phi) is 6.08. The molecule has 1 aromatic carbocycles. The highest BCUT2D eigenvalue weighted by molar-refractivity contribution is 7.98. The molecule has 9 nitrogen and oxygen atoms in total. The van der Waals surface area contributed by atoms with E-state index in [1.165, 1.54) is 14.7 Å². The number of nitrogens with zero attached hydrogens (tertiary/aromatic N) is 6. The minimum atomic E-state index is -0.350. The maximum atomic E-state index is 12.7. The second-order valence-electron chi connectivity index (χ2n) is 7.29. The van der Waals surface area contributed by atoms with Gasteiger partial charge in [-0.1, -0.05) is 36.3 Å². The maximum Gasteiger partial charge on any atom is 0.332 e. The molecule has 4 rings (SSSR count). The zero-order valence-corrected chi connectivity index (χ0v) is 18.6. The third kappa shape index (κ3) is 4.20. The first kappa shape index (κ1) is 21.1. The van der Waals surface area contributed by atoms with Crippen molar-refractivity contribution in [3.63, 3.8) is 0 Å². The number of aromatic nitrogens is 6. The van der Waals surface area contributed by atoms with Crippen LogP contribution in [0.4, 0.5) is 0 Å². The van der Waals surface area contributed by atoms with Crippen LogP contribution in [0, 0.1) is 0 Å². The van der Waals surface area contributed by atoms with Gasteiger partial charge in [-0.15, -0.1) is 0 Å². The molecule has 0 aliphatic carbocycles. The number of benzene rings is 1. The summed E-state index contributed by atoms with van der Waals surface area (Å²) in [6.07, 6.45) is 3.20. The van der Waals surface area contributed by atoms with Gasteiger partial charge in [0.25, 0.3) is 5.56 Å². The average molecular weight is 441 g/mol. The number of hydrogen-bond donors (Lipinski definition) is 0. The minimum absolute atomic E-state index is 0.307. The fourth-order valence-electron chi connectivity index (χ4n) is 3.40. The van der Waals surface area contributed by atoms with E-state index in [1.807, 2.05) is 12.1 Å². The van der Waals surface area contributed by atoms with Gasteiger partial charge >= 0.3 is 5.69 Å². The molecular weight excluding hydrogens is 416 g/mol. The molecule has 0 radical (unpaired) electrons.